The third-order valence-corrected chi connectivity index (χ3v) is 3.34. The summed E-state index contributed by atoms with van der Waals surface area (Å²) in [6.07, 6.45) is 1.77. The molecule has 0 aliphatic carbocycles. The van der Waals surface area contributed by atoms with Gasteiger partial charge in [-0.05, 0) is 43.2 Å². The molecule has 0 bridgehead atoms. The number of fused-ring (bicyclic) bond motifs is 1. The average molecular weight is 284 g/mol. The molecule has 21 heavy (non-hydrogen) atoms. The van der Waals surface area contributed by atoms with Crippen molar-refractivity contribution in [1.29, 1.82) is 0 Å². The van der Waals surface area contributed by atoms with Crippen molar-refractivity contribution in [2.75, 3.05) is 0 Å². The maximum atomic E-state index is 12.0. The molecule has 5 heteroatoms. The van der Waals surface area contributed by atoms with Gasteiger partial charge in [0.1, 0.15) is 11.5 Å². The van der Waals surface area contributed by atoms with Crippen LogP contribution in [-0.2, 0) is 17.8 Å². The second-order valence-corrected chi connectivity index (χ2v) is 5.12. The normalized spacial score (nSPS) is 11.0. The van der Waals surface area contributed by atoms with Crippen LogP contribution in [0.2, 0.25) is 0 Å². The van der Waals surface area contributed by atoms with Crippen molar-refractivity contribution < 1.29 is 13.7 Å². The fourth-order valence-electron chi connectivity index (χ4n) is 2.38. The van der Waals surface area contributed by atoms with Gasteiger partial charge in [0.15, 0.2) is 5.58 Å². The Morgan fingerprint density at radius 1 is 1.33 bits per heavy atom. The van der Waals surface area contributed by atoms with Gasteiger partial charge in [-0.2, -0.15) is 0 Å². The number of benzene rings is 1. The van der Waals surface area contributed by atoms with E-state index in [1.807, 2.05) is 32.0 Å². The molecule has 1 N–H and O–H groups in total. The van der Waals surface area contributed by atoms with Gasteiger partial charge in [0.2, 0.25) is 5.91 Å². The lowest BCUT2D eigenvalue weighted by molar-refractivity contribution is -0.120. The van der Waals surface area contributed by atoms with E-state index in [0.717, 1.165) is 27.9 Å². The smallest absolute Gasteiger partial charge is 0.226 e. The molecule has 0 saturated heterocycles. The summed E-state index contributed by atoms with van der Waals surface area (Å²) in [6, 6.07) is 7.64. The molecule has 0 radical (unpaired) electrons. The SMILES string of the molecule is Cc1cc(C)c2onc(CC(=O)NCc3ccco3)c2c1. The van der Waals surface area contributed by atoms with Crippen molar-refractivity contribution in [2.45, 2.75) is 26.8 Å². The summed E-state index contributed by atoms with van der Waals surface area (Å²) >= 11 is 0. The predicted molar refractivity (Wildman–Crippen MR) is 77.7 cm³/mol. The molecule has 0 atom stereocenters. The predicted octanol–water partition coefficient (Wildman–Crippen LogP) is 2.90. The second kappa shape index (κ2) is 5.44. The van der Waals surface area contributed by atoms with E-state index >= 15 is 0 Å². The Morgan fingerprint density at radius 3 is 2.95 bits per heavy atom. The van der Waals surface area contributed by atoms with E-state index in [9.17, 15) is 4.79 Å². The highest BCUT2D eigenvalue weighted by molar-refractivity contribution is 5.88. The summed E-state index contributed by atoms with van der Waals surface area (Å²) in [5, 5.41) is 7.73. The molecule has 0 spiro atoms. The van der Waals surface area contributed by atoms with Gasteiger partial charge < -0.3 is 14.3 Å². The summed E-state index contributed by atoms with van der Waals surface area (Å²) in [5.74, 6) is 0.612. The lowest BCUT2D eigenvalue weighted by Gasteiger charge is -2.02. The molecular weight excluding hydrogens is 268 g/mol. The number of aromatic nitrogens is 1. The summed E-state index contributed by atoms with van der Waals surface area (Å²) in [5.41, 5.74) is 3.56. The standard InChI is InChI=1S/C16H16N2O3/c1-10-6-11(2)16-13(7-10)14(18-21-16)8-15(19)17-9-12-4-3-5-20-12/h3-7H,8-9H2,1-2H3,(H,17,19). The van der Waals surface area contributed by atoms with E-state index in [2.05, 4.69) is 10.5 Å². The summed E-state index contributed by atoms with van der Waals surface area (Å²) in [6.45, 7) is 4.36. The van der Waals surface area contributed by atoms with Crippen LogP contribution in [0.25, 0.3) is 11.0 Å². The maximum absolute atomic E-state index is 12.0. The number of nitrogens with one attached hydrogen (secondary N) is 1. The quantitative estimate of drug-likeness (QED) is 0.800. The van der Waals surface area contributed by atoms with Crippen molar-refractivity contribution in [3.63, 3.8) is 0 Å². The molecule has 2 heterocycles. The molecule has 108 valence electrons. The molecule has 3 rings (SSSR count). The molecule has 0 unspecified atom stereocenters. The molecular formula is C16H16N2O3. The van der Waals surface area contributed by atoms with Crippen molar-refractivity contribution in [3.8, 4) is 0 Å². The Kier molecular flexibility index (Phi) is 3.48. The summed E-state index contributed by atoms with van der Waals surface area (Å²) in [7, 11) is 0. The first-order chi connectivity index (χ1) is 10.1. The number of aryl methyl sites for hydroxylation is 2. The molecule has 0 aliphatic rings. The molecule has 2 aromatic heterocycles. The highest BCUT2D eigenvalue weighted by atomic mass is 16.5. The van der Waals surface area contributed by atoms with Crippen LogP contribution in [0, 0.1) is 13.8 Å². The zero-order valence-corrected chi connectivity index (χ0v) is 12.0. The van der Waals surface area contributed by atoms with Crippen LogP contribution in [0.15, 0.2) is 39.5 Å². The Labute approximate surface area is 121 Å². The number of hydrogen-bond donors (Lipinski definition) is 1. The van der Waals surface area contributed by atoms with Crippen LogP contribution < -0.4 is 5.32 Å². The highest BCUT2D eigenvalue weighted by Crippen LogP contribution is 2.24. The topological polar surface area (TPSA) is 68.3 Å². The van der Waals surface area contributed by atoms with Gasteiger partial charge in [-0.3, -0.25) is 4.79 Å². The summed E-state index contributed by atoms with van der Waals surface area (Å²) < 4.78 is 10.5. The van der Waals surface area contributed by atoms with Crippen LogP contribution in [0.5, 0.6) is 0 Å². The molecule has 1 aromatic carbocycles. The maximum Gasteiger partial charge on any atom is 0.226 e. The molecule has 0 aliphatic heterocycles. The third-order valence-electron chi connectivity index (χ3n) is 3.34. The lowest BCUT2D eigenvalue weighted by Crippen LogP contribution is -2.24. The number of nitrogens with zero attached hydrogens (tertiary/aromatic N) is 1. The van der Waals surface area contributed by atoms with Crippen molar-refractivity contribution in [3.05, 3.63) is 53.1 Å². The number of rotatable bonds is 4. The number of hydrogen-bond acceptors (Lipinski definition) is 4. The number of carbonyl (C=O) groups is 1. The summed E-state index contributed by atoms with van der Waals surface area (Å²) in [4.78, 5) is 12.0. The molecule has 0 fully saturated rings. The minimum atomic E-state index is -0.110. The van der Waals surface area contributed by atoms with Gasteiger partial charge in [-0.25, -0.2) is 0 Å². The Hall–Kier alpha value is -2.56. The Balaban J connectivity index is 1.74. The fourth-order valence-corrected chi connectivity index (χ4v) is 2.38. The van der Waals surface area contributed by atoms with Gasteiger partial charge in [0.25, 0.3) is 0 Å². The fraction of sp³-hybridized carbons (Fsp3) is 0.250. The third kappa shape index (κ3) is 2.81. The molecule has 0 saturated carbocycles. The van der Waals surface area contributed by atoms with Gasteiger partial charge in [-0.15, -0.1) is 0 Å². The number of furan rings is 1. The van der Waals surface area contributed by atoms with Gasteiger partial charge in [0, 0.05) is 5.39 Å². The van der Waals surface area contributed by atoms with E-state index in [0.29, 0.717) is 12.2 Å². The first-order valence-electron chi connectivity index (χ1n) is 6.78. The van der Waals surface area contributed by atoms with E-state index in [-0.39, 0.29) is 12.3 Å². The van der Waals surface area contributed by atoms with E-state index in [1.54, 1.807) is 12.3 Å². The van der Waals surface area contributed by atoms with Crippen molar-refractivity contribution in [2.24, 2.45) is 0 Å². The zero-order valence-electron chi connectivity index (χ0n) is 12.0. The van der Waals surface area contributed by atoms with Crippen LogP contribution >= 0.6 is 0 Å². The van der Waals surface area contributed by atoms with Gasteiger partial charge in [0.05, 0.1) is 19.2 Å². The average Bonchev–Trinajstić information content (AvgIpc) is 3.07. The van der Waals surface area contributed by atoms with Crippen LogP contribution in [0.1, 0.15) is 22.6 Å². The monoisotopic (exact) mass is 284 g/mol. The van der Waals surface area contributed by atoms with Gasteiger partial charge >= 0.3 is 0 Å². The first-order valence-corrected chi connectivity index (χ1v) is 6.78. The minimum Gasteiger partial charge on any atom is -0.467 e. The van der Waals surface area contributed by atoms with Gasteiger partial charge in [-0.1, -0.05) is 11.2 Å². The van der Waals surface area contributed by atoms with Crippen molar-refractivity contribution in [1.82, 2.24) is 10.5 Å². The Bertz CT molecular complexity index is 772. The van der Waals surface area contributed by atoms with E-state index < -0.39 is 0 Å². The first kappa shape index (κ1) is 13.4. The Morgan fingerprint density at radius 2 is 2.19 bits per heavy atom. The van der Waals surface area contributed by atoms with Crippen LogP contribution in [0.3, 0.4) is 0 Å². The molecule has 5 nitrogen and oxygen atoms in total. The van der Waals surface area contributed by atoms with E-state index in [4.69, 9.17) is 8.94 Å². The van der Waals surface area contributed by atoms with Crippen LogP contribution in [0.4, 0.5) is 0 Å². The highest BCUT2D eigenvalue weighted by Gasteiger charge is 2.14. The number of amides is 1. The molecule has 3 aromatic rings. The molecule has 1 amide bonds. The second-order valence-electron chi connectivity index (χ2n) is 5.12. The minimum absolute atomic E-state index is 0.110. The van der Waals surface area contributed by atoms with E-state index in [1.165, 1.54) is 0 Å². The number of carbonyl (C=O) groups excluding carboxylic acids is 1. The zero-order chi connectivity index (χ0) is 14.8. The largest absolute Gasteiger partial charge is 0.467 e. The van der Waals surface area contributed by atoms with Crippen molar-refractivity contribution >= 4 is 16.9 Å². The lowest BCUT2D eigenvalue weighted by atomic mass is 10.1. The van der Waals surface area contributed by atoms with Crippen LogP contribution in [-0.4, -0.2) is 11.1 Å².